The molecule has 1 amide bonds. The third-order valence-electron chi connectivity index (χ3n) is 3.01. The van der Waals surface area contributed by atoms with Crippen LogP contribution in [0.2, 0.25) is 0 Å². The Hall–Kier alpha value is -0.690. The Morgan fingerprint density at radius 3 is 2.71 bits per heavy atom. The number of nitrogens with one attached hydrogen (secondary N) is 1. The van der Waals surface area contributed by atoms with Crippen molar-refractivity contribution >= 4 is 5.91 Å². The molecule has 1 aliphatic heterocycles. The number of aliphatic hydroxyl groups excluding tert-OH is 3. The Morgan fingerprint density at radius 1 is 1.53 bits per heavy atom. The molecule has 0 saturated carbocycles. The van der Waals surface area contributed by atoms with E-state index in [4.69, 9.17) is 4.74 Å². The molecular weight excluding hydrogens is 226 g/mol. The van der Waals surface area contributed by atoms with Crippen LogP contribution in [0.4, 0.5) is 0 Å². The van der Waals surface area contributed by atoms with Gasteiger partial charge in [-0.3, -0.25) is 4.79 Å². The van der Waals surface area contributed by atoms with Crippen molar-refractivity contribution < 1.29 is 24.9 Å². The number of ether oxygens (including phenoxy) is 1. The lowest BCUT2D eigenvalue weighted by atomic mass is 9.92. The van der Waals surface area contributed by atoms with Gasteiger partial charge in [-0.25, -0.2) is 0 Å². The quantitative estimate of drug-likeness (QED) is 0.499. The van der Waals surface area contributed by atoms with Crippen molar-refractivity contribution in [2.24, 2.45) is 0 Å². The number of carbonyl (C=O) groups excluding carboxylic acids is 1. The Kier molecular flexibility index (Phi) is 5.32. The number of amides is 1. The lowest BCUT2D eigenvalue weighted by Gasteiger charge is -2.39. The zero-order valence-electron chi connectivity index (χ0n) is 10.2. The van der Waals surface area contributed by atoms with Gasteiger partial charge in [-0.1, -0.05) is 6.92 Å². The van der Waals surface area contributed by atoms with Gasteiger partial charge >= 0.3 is 0 Å². The van der Waals surface area contributed by atoms with Gasteiger partial charge in [0.1, 0.15) is 12.2 Å². The molecule has 0 spiro atoms. The maximum Gasteiger partial charge on any atom is 0.217 e. The van der Waals surface area contributed by atoms with Crippen molar-refractivity contribution in [1.29, 1.82) is 0 Å². The number of aliphatic hydroxyl groups is 3. The highest BCUT2D eigenvalue weighted by molar-refractivity contribution is 5.73. The standard InChI is InChI=1S/C11H21NO5/c1-3-7(14)10(16)11-9(12-6(2)13)8(15)4-5-17-11/h7-11,14-16H,3-5H2,1-2H3,(H,12,13). The number of rotatable bonds is 4. The van der Waals surface area contributed by atoms with Crippen LogP contribution in [-0.4, -0.2) is 58.3 Å². The molecule has 6 nitrogen and oxygen atoms in total. The molecule has 6 heteroatoms. The van der Waals surface area contributed by atoms with E-state index in [-0.39, 0.29) is 5.91 Å². The van der Waals surface area contributed by atoms with Crippen LogP contribution in [0.1, 0.15) is 26.7 Å². The highest BCUT2D eigenvalue weighted by Crippen LogP contribution is 2.20. The monoisotopic (exact) mass is 247 g/mol. The fourth-order valence-electron chi connectivity index (χ4n) is 2.01. The second kappa shape index (κ2) is 6.30. The van der Waals surface area contributed by atoms with Crippen LogP contribution in [0, 0.1) is 0 Å². The van der Waals surface area contributed by atoms with E-state index >= 15 is 0 Å². The van der Waals surface area contributed by atoms with Crippen LogP contribution in [0.15, 0.2) is 0 Å². The van der Waals surface area contributed by atoms with Gasteiger partial charge in [0.05, 0.1) is 18.2 Å². The van der Waals surface area contributed by atoms with Crippen molar-refractivity contribution in [1.82, 2.24) is 5.32 Å². The predicted molar refractivity (Wildman–Crippen MR) is 60.3 cm³/mol. The molecule has 5 atom stereocenters. The van der Waals surface area contributed by atoms with Crippen molar-refractivity contribution in [3.63, 3.8) is 0 Å². The van der Waals surface area contributed by atoms with E-state index in [9.17, 15) is 20.1 Å². The highest BCUT2D eigenvalue weighted by Gasteiger charge is 2.40. The van der Waals surface area contributed by atoms with Crippen LogP contribution in [0.3, 0.4) is 0 Å². The summed E-state index contributed by atoms with van der Waals surface area (Å²) < 4.78 is 5.36. The van der Waals surface area contributed by atoms with Crippen molar-refractivity contribution in [3.05, 3.63) is 0 Å². The average molecular weight is 247 g/mol. The first kappa shape index (κ1) is 14.4. The highest BCUT2D eigenvalue weighted by atomic mass is 16.5. The molecule has 1 fully saturated rings. The van der Waals surface area contributed by atoms with E-state index in [1.54, 1.807) is 6.92 Å². The van der Waals surface area contributed by atoms with Gasteiger partial charge in [-0.2, -0.15) is 0 Å². The Bertz CT molecular complexity index is 260. The summed E-state index contributed by atoms with van der Waals surface area (Å²) in [5, 5.41) is 31.9. The van der Waals surface area contributed by atoms with E-state index < -0.39 is 30.5 Å². The lowest BCUT2D eigenvalue weighted by molar-refractivity contribution is -0.152. The summed E-state index contributed by atoms with van der Waals surface area (Å²) in [5.41, 5.74) is 0. The summed E-state index contributed by atoms with van der Waals surface area (Å²) in [6, 6.07) is -0.683. The summed E-state index contributed by atoms with van der Waals surface area (Å²) >= 11 is 0. The van der Waals surface area contributed by atoms with Crippen LogP contribution < -0.4 is 5.32 Å². The average Bonchev–Trinajstić information content (AvgIpc) is 2.29. The van der Waals surface area contributed by atoms with Gasteiger partial charge in [0.25, 0.3) is 0 Å². The molecular formula is C11H21NO5. The van der Waals surface area contributed by atoms with E-state index in [1.807, 2.05) is 0 Å². The Labute approximate surface area is 101 Å². The third kappa shape index (κ3) is 3.64. The maximum absolute atomic E-state index is 11.0. The summed E-state index contributed by atoms with van der Waals surface area (Å²) in [6.07, 6.45) is -2.82. The molecule has 1 aliphatic rings. The van der Waals surface area contributed by atoms with E-state index in [2.05, 4.69) is 5.32 Å². The predicted octanol–water partition coefficient (Wildman–Crippen LogP) is -1.23. The van der Waals surface area contributed by atoms with Crippen LogP contribution in [0.25, 0.3) is 0 Å². The molecule has 17 heavy (non-hydrogen) atoms. The topological polar surface area (TPSA) is 99.0 Å². The second-order valence-corrected chi connectivity index (χ2v) is 4.38. The van der Waals surface area contributed by atoms with Crippen molar-refractivity contribution in [3.8, 4) is 0 Å². The zero-order valence-corrected chi connectivity index (χ0v) is 10.2. The molecule has 1 rings (SSSR count). The SMILES string of the molecule is CCC(O)C(O)C1OCCC(O)C1NC(C)=O. The summed E-state index contributed by atoms with van der Waals surface area (Å²) in [7, 11) is 0. The lowest BCUT2D eigenvalue weighted by Crippen LogP contribution is -2.60. The van der Waals surface area contributed by atoms with Crippen LogP contribution in [-0.2, 0) is 9.53 Å². The van der Waals surface area contributed by atoms with E-state index in [0.717, 1.165) is 0 Å². The molecule has 100 valence electrons. The summed E-state index contributed by atoms with van der Waals surface area (Å²) in [5.74, 6) is -0.303. The minimum Gasteiger partial charge on any atom is -0.391 e. The summed E-state index contributed by atoms with van der Waals surface area (Å²) in [6.45, 7) is 3.37. The molecule has 0 aromatic carbocycles. The molecule has 1 saturated heterocycles. The van der Waals surface area contributed by atoms with Gasteiger partial charge in [-0.15, -0.1) is 0 Å². The van der Waals surface area contributed by atoms with Gasteiger partial charge in [0.15, 0.2) is 0 Å². The molecule has 1 heterocycles. The van der Waals surface area contributed by atoms with Crippen molar-refractivity contribution in [2.45, 2.75) is 57.1 Å². The number of hydrogen-bond donors (Lipinski definition) is 4. The first-order valence-corrected chi connectivity index (χ1v) is 5.90. The molecule has 0 aliphatic carbocycles. The molecule has 4 N–H and O–H groups in total. The minimum atomic E-state index is -1.12. The van der Waals surface area contributed by atoms with Gasteiger partial charge < -0.3 is 25.4 Å². The Morgan fingerprint density at radius 2 is 2.18 bits per heavy atom. The molecule has 5 unspecified atom stereocenters. The fraction of sp³-hybridized carbons (Fsp3) is 0.909. The van der Waals surface area contributed by atoms with Crippen LogP contribution >= 0.6 is 0 Å². The second-order valence-electron chi connectivity index (χ2n) is 4.38. The summed E-state index contributed by atoms with van der Waals surface area (Å²) in [4.78, 5) is 11.0. The minimum absolute atomic E-state index is 0.301. The largest absolute Gasteiger partial charge is 0.391 e. The molecule has 0 aromatic rings. The van der Waals surface area contributed by atoms with Gasteiger partial charge in [0.2, 0.25) is 5.91 Å². The van der Waals surface area contributed by atoms with Gasteiger partial charge in [0, 0.05) is 13.5 Å². The van der Waals surface area contributed by atoms with Crippen molar-refractivity contribution in [2.75, 3.05) is 6.61 Å². The molecule has 0 radical (unpaired) electrons. The fourth-order valence-corrected chi connectivity index (χ4v) is 2.01. The molecule has 0 aromatic heterocycles. The smallest absolute Gasteiger partial charge is 0.217 e. The third-order valence-corrected chi connectivity index (χ3v) is 3.01. The first-order valence-electron chi connectivity index (χ1n) is 5.90. The Balaban J connectivity index is 2.74. The van der Waals surface area contributed by atoms with Gasteiger partial charge in [-0.05, 0) is 12.8 Å². The van der Waals surface area contributed by atoms with E-state index in [0.29, 0.717) is 19.4 Å². The molecule has 0 bridgehead atoms. The van der Waals surface area contributed by atoms with E-state index in [1.165, 1.54) is 6.92 Å². The maximum atomic E-state index is 11.0. The number of carbonyl (C=O) groups is 1. The first-order chi connectivity index (χ1) is 7.97. The zero-order chi connectivity index (χ0) is 13.0. The number of hydrogen-bond acceptors (Lipinski definition) is 5. The normalized spacial score (nSPS) is 32.9. The van der Waals surface area contributed by atoms with Crippen LogP contribution in [0.5, 0.6) is 0 Å².